The summed E-state index contributed by atoms with van der Waals surface area (Å²) < 4.78 is 45.6. The molecule has 1 fully saturated rings. The molecule has 1 saturated heterocycles. The van der Waals surface area contributed by atoms with E-state index in [0.29, 0.717) is 11.5 Å². The fraction of sp³-hybridized carbons (Fsp3) is 0.286. The Morgan fingerprint density at radius 3 is 2.65 bits per heavy atom. The van der Waals surface area contributed by atoms with Crippen LogP contribution in [0.4, 0.5) is 24.7 Å². The van der Waals surface area contributed by atoms with Gasteiger partial charge in [-0.2, -0.15) is 18.3 Å². The maximum Gasteiger partial charge on any atom is 0.416 e. The average Bonchev–Trinajstić information content (AvgIpc) is 3.44. The van der Waals surface area contributed by atoms with Crippen molar-refractivity contribution in [3.05, 3.63) is 60.0 Å². The number of methoxy groups -OCH3 is 1. The summed E-state index contributed by atoms with van der Waals surface area (Å²) in [5.41, 5.74) is -0.163. The van der Waals surface area contributed by atoms with Gasteiger partial charge in [-0.25, -0.2) is 9.67 Å². The molecule has 3 heterocycles. The Hall–Kier alpha value is -3.56. The van der Waals surface area contributed by atoms with E-state index in [0.717, 1.165) is 38.1 Å². The monoisotopic (exact) mass is 431 g/mol. The van der Waals surface area contributed by atoms with Crippen molar-refractivity contribution in [2.45, 2.75) is 19.0 Å². The Kier molecular flexibility index (Phi) is 5.53. The molecule has 162 valence electrons. The summed E-state index contributed by atoms with van der Waals surface area (Å²) in [4.78, 5) is 19.4. The van der Waals surface area contributed by atoms with Crippen molar-refractivity contribution in [3.63, 3.8) is 0 Å². The van der Waals surface area contributed by atoms with Crippen molar-refractivity contribution >= 4 is 17.4 Å². The van der Waals surface area contributed by atoms with Crippen molar-refractivity contribution in [1.82, 2.24) is 14.8 Å². The van der Waals surface area contributed by atoms with Crippen molar-refractivity contribution in [2.75, 3.05) is 30.4 Å². The van der Waals surface area contributed by atoms with Crippen LogP contribution in [0.3, 0.4) is 0 Å². The van der Waals surface area contributed by atoms with Crippen LogP contribution in [0, 0.1) is 0 Å². The molecule has 1 N–H and O–H groups in total. The van der Waals surface area contributed by atoms with E-state index < -0.39 is 17.6 Å². The highest BCUT2D eigenvalue weighted by Crippen LogP contribution is 2.31. The maximum atomic E-state index is 13.0. The molecule has 2 aromatic heterocycles. The first-order chi connectivity index (χ1) is 14.9. The average molecular weight is 431 g/mol. The Balaban J connectivity index is 1.63. The molecule has 0 unspecified atom stereocenters. The molecule has 0 radical (unpaired) electrons. The van der Waals surface area contributed by atoms with Crippen molar-refractivity contribution in [2.24, 2.45) is 0 Å². The SMILES string of the molecule is COc1cn(-c2cccc(C(F)(F)F)c2)nc1C(=O)Nc1cccnc1N1CCCC1. The van der Waals surface area contributed by atoms with Crippen molar-refractivity contribution in [1.29, 1.82) is 0 Å². The number of ether oxygens (including phenoxy) is 1. The molecule has 3 aromatic rings. The largest absolute Gasteiger partial charge is 0.493 e. The van der Waals surface area contributed by atoms with Crippen molar-refractivity contribution < 1.29 is 22.7 Å². The number of benzene rings is 1. The zero-order chi connectivity index (χ0) is 22.0. The van der Waals surface area contributed by atoms with Crippen LogP contribution in [0.2, 0.25) is 0 Å². The summed E-state index contributed by atoms with van der Waals surface area (Å²) in [6.45, 7) is 1.71. The minimum atomic E-state index is -4.49. The number of carbonyl (C=O) groups is 1. The number of aromatic nitrogens is 3. The van der Waals surface area contributed by atoms with E-state index in [1.165, 1.54) is 30.1 Å². The minimum Gasteiger partial charge on any atom is -0.493 e. The summed E-state index contributed by atoms with van der Waals surface area (Å²) >= 11 is 0. The summed E-state index contributed by atoms with van der Waals surface area (Å²) in [6.07, 6.45) is 0.652. The van der Waals surface area contributed by atoms with Gasteiger partial charge in [-0.1, -0.05) is 6.07 Å². The van der Waals surface area contributed by atoms with Crippen LogP contribution in [0.5, 0.6) is 5.75 Å². The second kappa shape index (κ2) is 8.29. The van der Waals surface area contributed by atoms with Gasteiger partial charge in [0.15, 0.2) is 17.3 Å². The van der Waals surface area contributed by atoms with E-state index in [9.17, 15) is 18.0 Å². The van der Waals surface area contributed by atoms with E-state index in [-0.39, 0.29) is 17.1 Å². The van der Waals surface area contributed by atoms with Gasteiger partial charge in [0.2, 0.25) is 0 Å². The Bertz CT molecular complexity index is 1090. The Labute approximate surface area is 176 Å². The highest BCUT2D eigenvalue weighted by Gasteiger charge is 2.31. The number of hydrogen-bond acceptors (Lipinski definition) is 5. The predicted octanol–water partition coefficient (Wildman–Crippen LogP) is 4.15. The van der Waals surface area contributed by atoms with Crippen LogP contribution in [0.25, 0.3) is 5.69 Å². The summed E-state index contributed by atoms with van der Waals surface area (Å²) in [5, 5.41) is 6.98. The van der Waals surface area contributed by atoms with Gasteiger partial charge in [0.1, 0.15) is 0 Å². The minimum absolute atomic E-state index is 0.0452. The molecule has 0 atom stereocenters. The quantitative estimate of drug-likeness (QED) is 0.657. The lowest BCUT2D eigenvalue weighted by Gasteiger charge is -2.19. The zero-order valence-corrected chi connectivity index (χ0v) is 16.7. The lowest BCUT2D eigenvalue weighted by Crippen LogP contribution is -2.22. The van der Waals surface area contributed by atoms with Crippen LogP contribution in [0.1, 0.15) is 28.9 Å². The smallest absolute Gasteiger partial charge is 0.416 e. The number of nitrogens with zero attached hydrogens (tertiary/aromatic N) is 4. The Morgan fingerprint density at radius 2 is 1.94 bits per heavy atom. The molecule has 0 spiro atoms. The highest BCUT2D eigenvalue weighted by atomic mass is 19.4. The fourth-order valence-electron chi connectivity index (χ4n) is 3.48. The molecule has 0 bridgehead atoms. The molecule has 0 saturated carbocycles. The predicted molar refractivity (Wildman–Crippen MR) is 109 cm³/mol. The van der Waals surface area contributed by atoms with Gasteiger partial charge in [0.25, 0.3) is 5.91 Å². The molecule has 7 nitrogen and oxygen atoms in total. The molecular weight excluding hydrogens is 411 g/mol. The molecule has 31 heavy (non-hydrogen) atoms. The molecular formula is C21H20F3N5O2. The lowest BCUT2D eigenvalue weighted by molar-refractivity contribution is -0.137. The Morgan fingerprint density at radius 1 is 1.16 bits per heavy atom. The van der Waals surface area contributed by atoms with Gasteiger partial charge in [-0.15, -0.1) is 0 Å². The number of carbonyl (C=O) groups excluding carboxylic acids is 1. The van der Waals surface area contributed by atoms with Crippen LogP contribution in [0.15, 0.2) is 48.8 Å². The van der Waals surface area contributed by atoms with E-state index >= 15 is 0 Å². The number of amides is 1. The lowest BCUT2D eigenvalue weighted by atomic mass is 10.2. The van der Waals surface area contributed by atoms with Crippen LogP contribution >= 0.6 is 0 Å². The molecule has 4 rings (SSSR count). The number of hydrogen-bond donors (Lipinski definition) is 1. The fourth-order valence-corrected chi connectivity index (χ4v) is 3.48. The first-order valence-corrected chi connectivity index (χ1v) is 9.69. The second-order valence-electron chi connectivity index (χ2n) is 7.06. The van der Waals surface area contributed by atoms with E-state index in [2.05, 4.69) is 20.3 Å². The van der Waals surface area contributed by atoms with Crippen LogP contribution < -0.4 is 15.0 Å². The number of pyridine rings is 1. The number of rotatable bonds is 5. The van der Waals surface area contributed by atoms with Gasteiger partial charge in [-0.05, 0) is 43.2 Å². The molecule has 1 aliphatic rings. The topological polar surface area (TPSA) is 72.3 Å². The third-order valence-corrected chi connectivity index (χ3v) is 4.99. The second-order valence-corrected chi connectivity index (χ2v) is 7.06. The standard InChI is InChI=1S/C21H20F3N5O2/c1-31-17-13-29(15-7-4-6-14(12-15)21(22,23)24)27-18(17)20(30)26-16-8-5-9-25-19(16)28-10-2-3-11-28/h4-9,12-13H,2-3,10-11H2,1H3,(H,26,30). The molecule has 1 aliphatic heterocycles. The third kappa shape index (κ3) is 4.32. The van der Waals surface area contributed by atoms with Gasteiger partial charge < -0.3 is 15.0 Å². The van der Waals surface area contributed by atoms with Crippen LogP contribution in [-0.2, 0) is 6.18 Å². The molecule has 10 heteroatoms. The summed E-state index contributed by atoms with van der Waals surface area (Å²) in [6, 6.07) is 8.14. The van der Waals surface area contributed by atoms with Gasteiger partial charge in [-0.3, -0.25) is 4.79 Å². The number of nitrogens with one attached hydrogen (secondary N) is 1. The molecule has 1 amide bonds. The first kappa shape index (κ1) is 20.7. The van der Waals surface area contributed by atoms with Crippen molar-refractivity contribution in [3.8, 4) is 11.4 Å². The first-order valence-electron chi connectivity index (χ1n) is 9.69. The van der Waals surface area contributed by atoms with Crippen LogP contribution in [-0.4, -0.2) is 40.9 Å². The molecule has 1 aromatic carbocycles. The third-order valence-electron chi connectivity index (χ3n) is 4.99. The number of anilines is 2. The highest BCUT2D eigenvalue weighted by molar-refractivity contribution is 6.06. The van der Waals surface area contributed by atoms with E-state index in [1.807, 2.05) is 0 Å². The summed E-state index contributed by atoms with van der Waals surface area (Å²) in [7, 11) is 1.37. The zero-order valence-electron chi connectivity index (χ0n) is 16.7. The van der Waals surface area contributed by atoms with Gasteiger partial charge in [0, 0.05) is 19.3 Å². The van der Waals surface area contributed by atoms with Gasteiger partial charge in [0.05, 0.1) is 30.2 Å². The number of halogens is 3. The molecule has 0 aliphatic carbocycles. The summed E-state index contributed by atoms with van der Waals surface area (Å²) in [5.74, 6) is 0.266. The maximum absolute atomic E-state index is 13.0. The number of alkyl halides is 3. The van der Waals surface area contributed by atoms with E-state index in [4.69, 9.17) is 4.74 Å². The van der Waals surface area contributed by atoms with E-state index in [1.54, 1.807) is 18.3 Å². The normalized spacial score (nSPS) is 14.0. The van der Waals surface area contributed by atoms with Gasteiger partial charge >= 0.3 is 6.18 Å².